The summed E-state index contributed by atoms with van der Waals surface area (Å²) >= 11 is 7.51. The van der Waals surface area contributed by atoms with E-state index in [1.165, 1.54) is 23.1 Å². The van der Waals surface area contributed by atoms with E-state index in [-0.39, 0.29) is 5.82 Å². The minimum Gasteiger partial charge on any atom is -0.316 e. The first-order valence-corrected chi connectivity index (χ1v) is 9.76. The topological polar surface area (TPSA) is 17.3 Å². The molecule has 26 heavy (non-hydrogen) atoms. The highest BCUT2D eigenvalue weighted by Crippen LogP contribution is 2.46. The van der Waals surface area contributed by atoms with Gasteiger partial charge in [0.15, 0.2) is 4.80 Å². The van der Waals surface area contributed by atoms with Crippen molar-refractivity contribution in [3.05, 3.63) is 82.5 Å². The Morgan fingerprint density at radius 2 is 1.92 bits per heavy atom. The highest BCUT2D eigenvalue weighted by Gasteiger charge is 2.31. The van der Waals surface area contributed by atoms with Crippen LogP contribution in [0.25, 0.3) is 10.4 Å². The monoisotopic (exact) mass is 384 g/mol. The Labute approximate surface area is 160 Å². The largest absolute Gasteiger partial charge is 0.316 e. The number of hydrogen-bond acceptors (Lipinski definition) is 2. The molecule has 1 fully saturated rings. The van der Waals surface area contributed by atoms with Crippen LogP contribution in [-0.4, -0.2) is 4.57 Å². The highest BCUT2D eigenvalue weighted by molar-refractivity contribution is 7.13. The summed E-state index contributed by atoms with van der Waals surface area (Å²) < 4.78 is 16.6. The summed E-state index contributed by atoms with van der Waals surface area (Å²) in [7, 11) is 0. The number of thiazole rings is 1. The van der Waals surface area contributed by atoms with Gasteiger partial charge in [0.1, 0.15) is 5.82 Å². The molecule has 4 rings (SSSR count). The molecule has 132 valence electrons. The number of hydrogen-bond donors (Lipinski definition) is 0. The van der Waals surface area contributed by atoms with Crippen molar-refractivity contribution < 1.29 is 4.39 Å². The summed E-state index contributed by atoms with van der Waals surface area (Å²) in [5.41, 5.74) is 2.65. The van der Waals surface area contributed by atoms with Crippen LogP contribution in [-0.2, 0) is 6.54 Å². The van der Waals surface area contributed by atoms with E-state index in [1.54, 1.807) is 6.07 Å². The molecule has 0 saturated heterocycles. The second kappa shape index (κ2) is 7.22. The van der Waals surface area contributed by atoms with Crippen molar-refractivity contribution in [2.24, 2.45) is 4.99 Å². The van der Waals surface area contributed by atoms with Crippen LogP contribution >= 0.6 is 22.9 Å². The average Bonchev–Trinajstić information content (AvgIpc) is 3.42. The summed E-state index contributed by atoms with van der Waals surface area (Å²) in [6.07, 6.45) is 4.13. The molecule has 3 aromatic rings. The van der Waals surface area contributed by atoms with Crippen molar-refractivity contribution >= 4 is 28.6 Å². The third kappa shape index (κ3) is 3.39. The molecule has 5 heteroatoms. The van der Waals surface area contributed by atoms with Crippen LogP contribution in [0.5, 0.6) is 0 Å². The lowest BCUT2D eigenvalue weighted by molar-refractivity contribution is 0.631. The Morgan fingerprint density at radius 1 is 1.19 bits per heavy atom. The summed E-state index contributed by atoms with van der Waals surface area (Å²) in [5, 5.41) is 0.680. The first kappa shape index (κ1) is 17.3. The minimum absolute atomic E-state index is 0.195. The average molecular weight is 385 g/mol. The van der Waals surface area contributed by atoms with Crippen LogP contribution in [0.4, 0.5) is 10.1 Å². The van der Waals surface area contributed by atoms with Crippen LogP contribution in [0.1, 0.15) is 24.5 Å². The van der Waals surface area contributed by atoms with E-state index in [0.29, 0.717) is 23.0 Å². The summed E-state index contributed by atoms with van der Waals surface area (Å²) in [4.78, 5) is 6.63. The third-order valence-electron chi connectivity index (χ3n) is 4.39. The number of aromatic nitrogens is 1. The second-order valence-electron chi connectivity index (χ2n) is 6.34. The van der Waals surface area contributed by atoms with Gasteiger partial charge >= 0.3 is 0 Å². The van der Waals surface area contributed by atoms with Crippen LogP contribution in [0, 0.1) is 5.82 Å². The zero-order valence-electron chi connectivity index (χ0n) is 14.2. The highest BCUT2D eigenvalue weighted by atomic mass is 35.5. The first-order valence-electron chi connectivity index (χ1n) is 8.57. The molecule has 1 heterocycles. The molecule has 0 spiro atoms. The van der Waals surface area contributed by atoms with E-state index >= 15 is 0 Å². The Hall–Kier alpha value is -2.17. The van der Waals surface area contributed by atoms with Crippen LogP contribution < -0.4 is 4.80 Å². The molecule has 0 amide bonds. The molecule has 0 N–H and O–H groups in total. The van der Waals surface area contributed by atoms with Crippen molar-refractivity contribution in [3.63, 3.8) is 0 Å². The minimum atomic E-state index is -0.195. The van der Waals surface area contributed by atoms with E-state index in [4.69, 9.17) is 16.6 Å². The van der Waals surface area contributed by atoms with Gasteiger partial charge in [-0.2, -0.15) is 0 Å². The molecular weight excluding hydrogens is 367 g/mol. The van der Waals surface area contributed by atoms with Crippen LogP contribution in [0.15, 0.2) is 66.2 Å². The maximum Gasteiger partial charge on any atom is 0.191 e. The van der Waals surface area contributed by atoms with Gasteiger partial charge in [0.05, 0.1) is 10.6 Å². The second-order valence-corrected chi connectivity index (χ2v) is 7.75. The van der Waals surface area contributed by atoms with E-state index in [0.717, 1.165) is 28.2 Å². The number of nitrogens with zero attached hydrogens (tertiary/aromatic N) is 2. The van der Waals surface area contributed by atoms with E-state index in [1.807, 2.05) is 42.5 Å². The van der Waals surface area contributed by atoms with Gasteiger partial charge in [-0.25, -0.2) is 9.38 Å². The zero-order chi connectivity index (χ0) is 18.1. The third-order valence-corrected chi connectivity index (χ3v) is 5.77. The van der Waals surface area contributed by atoms with Crippen molar-refractivity contribution in [2.45, 2.75) is 25.3 Å². The van der Waals surface area contributed by atoms with Crippen molar-refractivity contribution in [1.29, 1.82) is 0 Å². The molecule has 1 aliphatic rings. The maximum absolute atomic E-state index is 14.5. The summed E-state index contributed by atoms with van der Waals surface area (Å²) in [6.45, 7) is 4.54. The first-order chi connectivity index (χ1) is 12.7. The van der Waals surface area contributed by atoms with Crippen molar-refractivity contribution in [2.75, 3.05) is 0 Å². The molecule has 2 aromatic carbocycles. The molecule has 0 aliphatic heterocycles. The summed E-state index contributed by atoms with van der Waals surface area (Å²) in [6, 6.07) is 14.4. The maximum atomic E-state index is 14.5. The molecule has 1 aromatic heterocycles. The zero-order valence-corrected chi connectivity index (χ0v) is 15.7. The van der Waals surface area contributed by atoms with Gasteiger partial charge in [-0.1, -0.05) is 47.2 Å². The van der Waals surface area contributed by atoms with Gasteiger partial charge in [0.2, 0.25) is 0 Å². The standard InChI is InChI=1S/C21H18ClFN2S/c1-2-13-25-19(14-7-8-14)20(17-5-3-4-6-18(17)23)26-21(25)24-16-11-9-15(22)10-12-16/h2-6,9-12,14H,1,7-8,13H2. The van der Waals surface area contributed by atoms with Gasteiger partial charge in [-0.15, -0.1) is 6.58 Å². The predicted octanol–water partition coefficient (Wildman–Crippen LogP) is 6.30. The van der Waals surface area contributed by atoms with E-state index in [9.17, 15) is 4.39 Å². The fourth-order valence-electron chi connectivity index (χ4n) is 3.04. The molecule has 0 bridgehead atoms. The number of allylic oxidation sites excluding steroid dienone is 1. The van der Waals surface area contributed by atoms with Crippen molar-refractivity contribution in [3.8, 4) is 10.4 Å². The SMILES string of the molecule is C=CCn1c(C2CC2)c(-c2ccccc2F)sc1=Nc1ccc(Cl)cc1. The van der Waals surface area contributed by atoms with Gasteiger partial charge in [-0.3, -0.25) is 0 Å². The predicted molar refractivity (Wildman–Crippen MR) is 107 cm³/mol. The number of halogens is 2. The van der Waals surface area contributed by atoms with Gasteiger partial charge in [-0.05, 0) is 43.2 Å². The quantitative estimate of drug-likeness (QED) is 0.459. The fourth-order valence-corrected chi connectivity index (χ4v) is 4.44. The van der Waals surface area contributed by atoms with Gasteiger partial charge in [0, 0.05) is 28.7 Å². The van der Waals surface area contributed by atoms with E-state index < -0.39 is 0 Å². The van der Waals surface area contributed by atoms with E-state index in [2.05, 4.69) is 11.1 Å². The molecule has 0 unspecified atom stereocenters. The molecule has 2 nitrogen and oxygen atoms in total. The molecule has 1 saturated carbocycles. The van der Waals surface area contributed by atoms with Gasteiger partial charge < -0.3 is 4.57 Å². The fraction of sp³-hybridized carbons (Fsp3) is 0.190. The molecular formula is C21H18ClFN2S. The Morgan fingerprint density at radius 3 is 2.58 bits per heavy atom. The lowest BCUT2D eigenvalue weighted by Crippen LogP contribution is -2.16. The lowest BCUT2D eigenvalue weighted by atomic mass is 10.1. The number of rotatable bonds is 5. The number of benzene rings is 2. The Bertz CT molecular complexity index is 1010. The molecule has 0 radical (unpaired) electrons. The molecule has 0 atom stereocenters. The normalized spacial score (nSPS) is 14.6. The lowest BCUT2D eigenvalue weighted by Gasteiger charge is -2.08. The summed E-state index contributed by atoms with van der Waals surface area (Å²) in [5.74, 6) is 0.273. The van der Waals surface area contributed by atoms with Gasteiger partial charge in [0.25, 0.3) is 0 Å². The Balaban J connectivity index is 1.94. The van der Waals surface area contributed by atoms with Crippen LogP contribution in [0.2, 0.25) is 5.02 Å². The Kier molecular flexibility index (Phi) is 4.79. The van der Waals surface area contributed by atoms with Crippen LogP contribution in [0.3, 0.4) is 0 Å². The molecule has 1 aliphatic carbocycles. The van der Waals surface area contributed by atoms with Crippen molar-refractivity contribution in [1.82, 2.24) is 4.57 Å². The smallest absolute Gasteiger partial charge is 0.191 e.